The van der Waals surface area contributed by atoms with E-state index in [9.17, 15) is 9.18 Å². The van der Waals surface area contributed by atoms with Crippen LogP contribution in [0.15, 0.2) is 94.1 Å². The van der Waals surface area contributed by atoms with Crippen LogP contribution in [0, 0.1) is 12.7 Å². The molecule has 5 aromatic rings. The highest BCUT2D eigenvalue weighted by atomic mass is 19.1. The standard InChI is InChI=1S/C28H21FN2O4/c1-16-26(32)24-14-23(33-21-10-6-19(30)7-11-21)15-25(34-22-12-8-20(31)9-13-22)28(24)35-27(16)17-2-4-18(29)5-3-17/h2-15H,30-31H2,1H3. The second kappa shape index (κ2) is 8.87. The van der Waals surface area contributed by atoms with E-state index < -0.39 is 0 Å². The summed E-state index contributed by atoms with van der Waals surface area (Å²) < 4.78 is 31.8. The smallest absolute Gasteiger partial charge is 0.196 e. The largest absolute Gasteiger partial charge is 0.457 e. The van der Waals surface area contributed by atoms with E-state index in [0.717, 1.165) is 0 Å². The number of nitrogens with two attached hydrogens (primary N) is 2. The van der Waals surface area contributed by atoms with E-state index in [0.29, 0.717) is 45.5 Å². The maximum absolute atomic E-state index is 13.5. The highest BCUT2D eigenvalue weighted by Crippen LogP contribution is 2.38. The Morgan fingerprint density at radius 3 is 1.91 bits per heavy atom. The Bertz CT molecular complexity index is 1580. The van der Waals surface area contributed by atoms with Gasteiger partial charge in [0.05, 0.1) is 5.39 Å². The van der Waals surface area contributed by atoms with Gasteiger partial charge in [0, 0.05) is 28.6 Å². The number of nitrogen functional groups attached to an aromatic ring is 2. The molecule has 0 aliphatic heterocycles. The van der Waals surface area contributed by atoms with Crippen molar-refractivity contribution in [2.24, 2.45) is 0 Å². The van der Waals surface area contributed by atoms with Crippen LogP contribution in [0.4, 0.5) is 15.8 Å². The lowest BCUT2D eigenvalue weighted by Gasteiger charge is -2.14. The van der Waals surface area contributed by atoms with Crippen molar-refractivity contribution >= 4 is 22.3 Å². The summed E-state index contributed by atoms with van der Waals surface area (Å²) in [6.45, 7) is 1.66. The van der Waals surface area contributed by atoms with Crippen LogP contribution in [0.25, 0.3) is 22.3 Å². The summed E-state index contributed by atoms with van der Waals surface area (Å²) in [5.41, 5.74) is 13.7. The molecule has 4 N–H and O–H groups in total. The highest BCUT2D eigenvalue weighted by Gasteiger charge is 2.19. The van der Waals surface area contributed by atoms with Gasteiger partial charge in [-0.3, -0.25) is 4.79 Å². The number of hydrogen-bond donors (Lipinski definition) is 2. The normalized spacial score (nSPS) is 10.9. The fourth-order valence-electron chi connectivity index (χ4n) is 3.68. The number of benzene rings is 4. The molecule has 0 fully saturated rings. The molecule has 0 saturated heterocycles. The van der Waals surface area contributed by atoms with Crippen LogP contribution >= 0.6 is 0 Å². The summed E-state index contributed by atoms with van der Waals surface area (Å²) in [6, 6.07) is 22.7. The fraction of sp³-hybridized carbons (Fsp3) is 0.0357. The van der Waals surface area contributed by atoms with Crippen molar-refractivity contribution in [2.45, 2.75) is 6.92 Å². The van der Waals surface area contributed by atoms with Crippen LogP contribution in [0.3, 0.4) is 0 Å². The van der Waals surface area contributed by atoms with Crippen LogP contribution in [0.2, 0.25) is 0 Å². The third-order valence-corrected chi connectivity index (χ3v) is 5.49. The number of ether oxygens (including phenoxy) is 2. The molecule has 0 radical (unpaired) electrons. The van der Waals surface area contributed by atoms with Gasteiger partial charge in [0.2, 0.25) is 0 Å². The number of rotatable bonds is 5. The van der Waals surface area contributed by atoms with E-state index >= 15 is 0 Å². The third-order valence-electron chi connectivity index (χ3n) is 5.49. The van der Waals surface area contributed by atoms with Gasteiger partial charge >= 0.3 is 0 Å². The lowest BCUT2D eigenvalue weighted by molar-refractivity contribution is 0.455. The molecule has 0 bridgehead atoms. The summed E-state index contributed by atoms with van der Waals surface area (Å²) in [7, 11) is 0. The van der Waals surface area contributed by atoms with Crippen molar-refractivity contribution in [1.82, 2.24) is 0 Å². The molecule has 0 atom stereocenters. The number of halogens is 1. The molecule has 6 nitrogen and oxygen atoms in total. The molecule has 5 rings (SSSR count). The third kappa shape index (κ3) is 4.52. The van der Waals surface area contributed by atoms with Crippen molar-refractivity contribution in [2.75, 3.05) is 11.5 Å². The van der Waals surface area contributed by atoms with Crippen molar-refractivity contribution < 1.29 is 18.3 Å². The highest BCUT2D eigenvalue weighted by molar-refractivity contribution is 5.87. The van der Waals surface area contributed by atoms with Gasteiger partial charge in [0.15, 0.2) is 16.8 Å². The first-order chi connectivity index (χ1) is 16.9. The molecular weight excluding hydrogens is 447 g/mol. The van der Waals surface area contributed by atoms with Gasteiger partial charge in [-0.2, -0.15) is 0 Å². The quantitative estimate of drug-likeness (QED) is 0.280. The van der Waals surface area contributed by atoms with Gasteiger partial charge in [-0.15, -0.1) is 0 Å². The SMILES string of the molecule is Cc1c(-c2ccc(F)cc2)oc2c(Oc3ccc(N)cc3)cc(Oc3ccc(N)cc3)cc2c1=O. The van der Waals surface area contributed by atoms with Gasteiger partial charge in [-0.25, -0.2) is 4.39 Å². The van der Waals surface area contributed by atoms with Crippen molar-refractivity contribution in [3.05, 3.63) is 107 Å². The molecule has 1 aromatic heterocycles. The first-order valence-electron chi connectivity index (χ1n) is 10.8. The van der Waals surface area contributed by atoms with E-state index in [1.54, 1.807) is 79.7 Å². The molecule has 35 heavy (non-hydrogen) atoms. The van der Waals surface area contributed by atoms with Gasteiger partial charge in [0.1, 0.15) is 28.8 Å². The molecule has 0 unspecified atom stereocenters. The number of hydrogen-bond acceptors (Lipinski definition) is 6. The fourth-order valence-corrected chi connectivity index (χ4v) is 3.68. The Morgan fingerprint density at radius 1 is 0.743 bits per heavy atom. The molecule has 0 aliphatic rings. The average Bonchev–Trinajstić information content (AvgIpc) is 2.85. The minimum absolute atomic E-state index is 0.237. The van der Waals surface area contributed by atoms with Gasteiger partial charge in [-0.05, 0) is 85.8 Å². The maximum Gasteiger partial charge on any atom is 0.196 e. The Balaban J connectivity index is 1.69. The predicted octanol–water partition coefficient (Wildman–Crippen LogP) is 6.66. The minimum Gasteiger partial charge on any atom is -0.457 e. The zero-order valence-corrected chi connectivity index (χ0v) is 18.7. The van der Waals surface area contributed by atoms with Crippen molar-refractivity contribution in [3.8, 4) is 34.3 Å². The molecule has 0 saturated carbocycles. The topological polar surface area (TPSA) is 101 Å². The molecular formula is C28H21FN2O4. The number of fused-ring (bicyclic) bond motifs is 1. The Kier molecular flexibility index (Phi) is 5.58. The zero-order valence-electron chi connectivity index (χ0n) is 18.7. The summed E-state index contributed by atoms with van der Waals surface area (Å²) in [4.78, 5) is 13.4. The summed E-state index contributed by atoms with van der Waals surface area (Å²) >= 11 is 0. The van der Waals surface area contributed by atoms with Crippen molar-refractivity contribution in [1.29, 1.82) is 0 Å². The molecule has 0 aliphatic carbocycles. The summed E-state index contributed by atoms with van der Waals surface area (Å²) in [6.07, 6.45) is 0. The average molecular weight is 468 g/mol. The van der Waals surface area contributed by atoms with Gasteiger partial charge in [-0.1, -0.05) is 0 Å². The maximum atomic E-state index is 13.5. The molecule has 0 amide bonds. The second-order valence-electron chi connectivity index (χ2n) is 8.03. The minimum atomic E-state index is -0.383. The lowest BCUT2D eigenvalue weighted by atomic mass is 10.1. The van der Waals surface area contributed by atoms with E-state index in [1.165, 1.54) is 12.1 Å². The van der Waals surface area contributed by atoms with Crippen LogP contribution in [-0.2, 0) is 0 Å². The van der Waals surface area contributed by atoms with Crippen LogP contribution in [-0.4, -0.2) is 0 Å². The molecule has 174 valence electrons. The summed E-state index contributed by atoms with van der Waals surface area (Å²) in [5.74, 6) is 1.65. The first-order valence-corrected chi connectivity index (χ1v) is 10.8. The van der Waals surface area contributed by atoms with Crippen LogP contribution < -0.4 is 26.4 Å². The van der Waals surface area contributed by atoms with E-state index in [4.69, 9.17) is 25.4 Å². The van der Waals surface area contributed by atoms with Gasteiger partial charge < -0.3 is 25.4 Å². The van der Waals surface area contributed by atoms with Gasteiger partial charge in [0.25, 0.3) is 0 Å². The van der Waals surface area contributed by atoms with Crippen molar-refractivity contribution in [3.63, 3.8) is 0 Å². The van der Waals surface area contributed by atoms with Crippen LogP contribution in [0.5, 0.6) is 23.0 Å². The molecule has 4 aromatic carbocycles. The summed E-state index contributed by atoms with van der Waals surface area (Å²) in [5, 5.41) is 0.284. The van der Waals surface area contributed by atoms with E-state index in [1.807, 2.05) is 0 Å². The van der Waals surface area contributed by atoms with Crippen LogP contribution in [0.1, 0.15) is 5.56 Å². The zero-order chi connectivity index (χ0) is 24.5. The van der Waals surface area contributed by atoms with E-state index in [-0.39, 0.29) is 28.0 Å². The predicted molar refractivity (Wildman–Crippen MR) is 134 cm³/mol. The Morgan fingerprint density at radius 2 is 1.31 bits per heavy atom. The Hall–Kier alpha value is -4.78. The lowest BCUT2D eigenvalue weighted by Crippen LogP contribution is -2.08. The van der Waals surface area contributed by atoms with E-state index in [2.05, 4.69) is 0 Å². The molecule has 1 heterocycles. The Labute approximate surface area is 200 Å². The molecule has 7 heteroatoms. The first kappa shape index (κ1) is 22.0. The molecule has 0 spiro atoms. The second-order valence-corrected chi connectivity index (χ2v) is 8.03. The number of anilines is 2. The monoisotopic (exact) mass is 468 g/mol.